The van der Waals surface area contributed by atoms with Crippen molar-refractivity contribution < 1.29 is 28.1 Å². The first-order valence-electron chi connectivity index (χ1n) is 8.78. The van der Waals surface area contributed by atoms with Crippen LogP contribution in [0.15, 0.2) is 63.7 Å². The highest BCUT2D eigenvalue weighted by Crippen LogP contribution is 2.21. The molecule has 3 aromatic rings. The minimum atomic E-state index is -1.25. The molecule has 2 atom stereocenters. The predicted molar refractivity (Wildman–Crippen MR) is 101 cm³/mol. The molecule has 9 nitrogen and oxygen atoms in total. The second kappa shape index (κ2) is 8.87. The van der Waals surface area contributed by atoms with Crippen molar-refractivity contribution in [3.05, 3.63) is 71.9 Å². The Labute approximate surface area is 166 Å². The van der Waals surface area contributed by atoms with E-state index >= 15 is 0 Å². The van der Waals surface area contributed by atoms with E-state index in [0.717, 1.165) is 0 Å². The van der Waals surface area contributed by atoms with Crippen LogP contribution in [0.5, 0.6) is 0 Å². The maximum Gasteiger partial charge on any atom is 0.329 e. The summed E-state index contributed by atoms with van der Waals surface area (Å²) in [6.07, 6.45) is 0.0999. The normalized spacial score (nSPS) is 12.6. The topological polar surface area (TPSA) is 124 Å². The highest BCUT2D eigenvalue weighted by molar-refractivity contribution is 5.97. The first-order chi connectivity index (χ1) is 13.9. The number of rotatable bonds is 7. The number of amides is 2. The Balaban J connectivity index is 1.71. The Morgan fingerprint density at radius 2 is 1.86 bits per heavy atom. The SMILES string of the molecule is Cc1cc(NC(=O)C(OC(=O)[C@H](C)NC(=O)c2ccco2)c2ccccc2)no1. The minimum absolute atomic E-state index is 0.0587. The van der Waals surface area contributed by atoms with Gasteiger partial charge in [0, 0.05) is 11.6 Å². The number of esters is 1. The third-order valence-corrected chi connectivity index (χ3v) is 3.90. The van der Waals surface area contributed by atoms with Crippen LogP contribution in [0.4, 0.5) is 5.82 Å². The van der Waals surface area contributed by atoms with Crippen LogP contribution in [-0.4, -0.2) is 29.0 Å². The summed E-state index contributed by atoms with van der Waals surface area (Å²) in [6, 6.07) is 12.0. The summed E-state index contributed by atoms with van der Waals surface area (Å²) in [5.41, 5.74) is 0.461. The van der Waals surface area contributed by atoms with Gasteiger partial charge in [0.1, 0.15) is 11.8 Å². The van der Waals surface area contributed by atoms with Gasteiger partial charge in [-0.05, 0) is 26.0 Å². The van der Waals surface area contributed by atoms with E-state index in [1.807, 2.05) is 0 Å². The van der Waals surface area contributed by atoms with Crippen LogP contribution >= 0.6 is 0 Å². The Hall–Kier alpha value is -3.88. The fourth-order valence-electron chi connectivity index (χ4n) is 2.47. The second-order valence-electron chi connectivity index (χ2n) is 6.21. The Bertz CT molecular complexity index is 981. The van der Waals surface area contributed by atoms with Gasteiger partial charge in [0.2, 0.25) is 6.10 Å². The number of benzene rings is 1. The molecule has 0 saturated carbocycles. The number of furan rings is 1. The van der Waals surface area contributed by atoms with E-state index in [1.165, 1.54) is 25.3 Å². The number of carbonyl (C=O) groups is 3. The van der Waals surface area contributed by atoms with E-state index in [9.17, 15) is 14.4 Å². The number of hydrogen-bond acceptors (Lipinski definition) is 7. The van der Waals surface area contributed by atoms with Gasteiger partial charge < -0.3 is 24.3 Å². The summed E-state index contributed by atoms with van der Waals surface area (Å²) in [5.74, 6) is -1.19. The molecule has 3 rings (SSSR count). The van der Waals surface area contributed by atoms with Gasteiger partial charge in [-0.25, -0.2) is 4.79 Å². The summed E-state index contributed by atoms with van der Waals surface area (Å²) >= 11 is 0. The summed E-state index contributed by atoms with van der Waals surface area (Å²) in [4.78, 5) is 37.3. The van der Waals surface area contributed by atoms with Crippen molar-refractivity contribution in [2.75, 3.05) is 5.32 Å². The first kappa shape index (κ1) is 19.9. The molecular formula is C20H19N3O6. The highest BCUT2D eigenvalue weighted by Gasteiger charge is 2.29. The Kier molecular flexibility index (Phi) is 6.08. The molecule has 0 spiro atoms. The van der Waals surface area contributed by atoms with Gasteiger partial charge in [-0.15, -0.1) is 0 Å². The maximum atomic E-state index is 12.7. The van der Waals surface area contributed by atoms with Crippen LogP contribution in [-0.2, 0) is 14.3 Å². The zero-order valence-corrected chi connectivity index (χ0v) is 15.7. The molecular weight excluding hydrogens is 378 g/mol. The predicted octanol–water partition coefficient (Wildman–Crippen LogP) is 2.62. The number of aromatic nitrogens is 1. The van der Waals surface area contributed by atoms with Crippen LogP contribution in [0.1, 0.15) is 34.9 Å². The van der Waals surface area contributed by atoms with Gasteiger partial charge in [-0.3, -0.25) is 9.59 Å². The molecule has 0 fully saturated rings. The van der Waals surface area contributed by atoms with Gasteiger partial charge in [-0.1, -0.05) is 35.5 Å². The number of nitrogens with zero attached hydrogens (tertiary/aromatic N) is 1. The number of nitrogens with one attached hydrogen (secondary N) is 2. The third kappa shape index (κ3) is 5.10. The monoisotopic (exact) mass is 397 g/mol. The van der Waals surface area contributed by atoms with Crippen molar-refractivity contribution in [1.82, 2.24) is 10.5 Å². The lowest BCUT2D eigenvalue weighted by Gasteiger charge is -2.20. The largest absolute Gasteiger partial charge is 0.459 e. The summed E-state index contributed by atoms with van der Waals surface area (Å²) in [7, 11) is 0. The molecule has 150 valence electrons. The number of aryl methyl sites for hydroxylation is 1. The van der Waals surface area contributed by atoms with Crippen molar-refractivity contribution in [2.24, 2.45) is 0 Å². The molecule has 2 aromatic heterocycles. The maximum absolute atomic E-state index is 12.7. The number of hydrogen-bond donors (Lipinski definition) is 2. The van der Waals surface area contributed by atoms with Crippen LogP contribution in [0.3, 0.4) is 0 Å². The van der Waals surface area contributed by atoms with E-state index < -0.39 is 29.9 Å². The molecule has 0 saturated heterocycles. The number of carbonyl (C=O) groups excluding carboxylic acids is 3. The fraction of sp³-hybridized carbons (Fsp3) is 0.200. The molecule has 2 amide bonds. The molecule has 1 unspecified atom stereocenters. The molecule has 9 heteroatoms. The molecule has 2 heterocycles. The van der Waals surface area contributed by atoms with Gasteiger partial charge in [-0.2, -0.15) is 0 Å². The molecule has 0 radical (unpaired) electrons. The lowest BCUT2D eigenvalue weighted by Crippen LogP contribution is -2.41. The second-order valence-corrected chi connectivity index (χ2v) is 6.21. The number of ether oxygens (including phenoxy) is 1. The minimum Gasteiger partial charge on any atom is -0.459 e. The van der Waals surface area contributed by atoms with Crippen molar-refractivity contribution >= 4 is 23.6 Å². The van der Waals surface area contributed by atoms with Crippen LogP contribution in [0.25, 0.3) is 0 Å². The van der Waals surface area contributed by atoms with Crippen LogP contribution < -0.4 is 10.6 Å². The third-order valence-electron chi connectivity index (χ3n) is 3.90. The summed E-state index contributed by atoms with van der Waals surface area (Å²) < 4.78 is 15.3. The van der Waals surface area contributed by atoms with E-state index in [0.29, 0.717) is 11.3 Å². The van der Waals surface area contributed by atoms with E-state index in [-0.39, 0.29) is 11.6 Å². The standard InChI is InChI=1S/C20H19N3O6/c1-12-11-16(23-29-12)22-19(25)17(14-7-4-3-5-8-14)28-20(26)13(2)21-18(24)15-9-6-10-27-15/h3-11,13,17H,1-2H3,(H,21,24)(H,22,23,25)/t13-,17?/m0/s1. The van der Waals surface area contributed by atoms with Gasteiger partial charge >= 0.3 is 5.97 Å². The zero-order valence-electron chi connectivity index (χ0n) is 15.7. The Morgan fingerprint density at radius 3 is 2.48 bits per heavy atom. The summed E-state index contributed by atoms with van der Waals surface area (Å²) in [5, 5.41) is 8.71. The quantitative estimate of drug-likeness (QED) is 0.587. The first-order valence-corrected chi connectivity index (χ1v) is 8.78. The molecule has 2 N–H and O–H groups in total. The van der Waals surface area contributed by atoms with E-state index in [4.69, 9.17) is 13.7 Å². The number of anilines is 1. The molecule has 29 heavy (non-hydrogen) atoms. The smallest absolute Gasteiger partial charge is 0.329 e. The van der Waals surface area contributed by atoms with E-state index in [1.54, 1.807) is 43.3 Å². The average molecular weight is 397 g/mol. The zero-order chi connectivity index (χ0) is 20.8. The van der Waals surface area contributed by atoms with Crippen molar-refractivity contribution in [2.45, 2.75) is 26.0 Å². The summed E-state index contributed by atoms with van der Waals surface area (Å²) in [6.45, 7) is 3.13. The molecule has 0 aliphatic rings. The molecule has 0 aliphatic carbocycles. The van der Waals surface area contributed by atoms with Crippen molar-refractivity contribution in [1.29, 1.82) is 0 Å². The van der Waals surface area contributed by atoms with Gasteiger partial charge in [0.15, 0.2) is 11.6 Å². The van der Waals surface area contributed by atoms with Gasteiger partial charge in [0.25, 0.3) is 11.8 Å². The van der Waals surface area contributed by atoms with Crippen molar-refractivity contribution in [3.8, 4) is 0 Å². The average Bonchev–Trinajstić information content (AvgIpc) is 3.38. The van der Waals surface area contributed by atoms with Gasteiger partial charge in [0.05, 0.1) is 6.26 Å². The van der Waals surface area contributed by atoms with E-state index in [2.05, 4.69) is 15.8 Å². The van der Waals surface area contributed by atoms with Crippen LogP contribution in [0, 0.1) is 6.92 Å². The molecule has 1 aromatic carbocycles. The fourth-order valence-corrected chi connectivity index (χ4v) is 2.47. The molecule has 0 bridgehead atoms. The van der Waals surface area contributed by atoms with Crippen LogP contribution in [0.2, 0.25) is 0 Å². The highest BCUT2D eigenvalue weighted by atomic mass is 16.5. The lowest BCUT2D eigenvalue weighted by molar-refractivity contribution is -0.156. The van der Waals surface area contributed by atoms with Crippen molar-refractivity contribution in [3.63, 3.8) is 0 Å². The lowest BCUT2D eigenvalue weighted by atomic mass is 10.1. The Morgan fingerprint density at radius 1 is 1.10 bits per heavy atom. The molecule has 0 aliphatic heterocycles.